The van der Waals surface area contributed by atoms with E-state index in [0.29, 0.717) is 23.6 Å². The van der Waals surface area contributed by atoms with Gasteiger partial charge in [-0.05, 0) is 24.0 Å². The summed E-state index contributed by atoms with van der Waals surface area (Å²) in [5.74, 6) is 0.398. The molecule has 2 fully saturated rings. The number of nitrogens with one attached hydrogen (secondary N) is 1. The third kappa shape index (κ3) is 4.42. The van der Waals surface area contributed by atoms with Gasteiger partial charge in [0, 0.05) is 0 Å². The van der Waals surface area contributed by atoms with Crippen LogP contribution in [0.3, 0.4) is 0 Å². The van der Waals surface area contributed by atoms with E-state index < -0.39 is 0 Å². The van der Waals surface area contributed by atoms with Crippen LogP contribution in [-0.4, -0.2) is 29.1 Å². The zero-order valence-corrected chi connectivity index (χ0v) is 13.1. The number of carbonyl (C=O) groups excluding carboxylic acids is 1. The molecule has 1 amide bonds. The number of benzene rings is 1. The number of hydrogen-bond donors (Lipinski definition) is 1. The summed E-state index contributed by atoms with van der Waals surface area (Å²) in [5, 5.41) is 11.2. The largest absolute Gasteiger partial charge is 0.374 e. The van der Waals surface area contributed by atoms with Crippen LogP contribution in [0.4, 0.5) is 0 Å². The van der Waals surface area contributed by atoms with Gasteiger partial charge < -0.3 is 10.1 Å². The van der Waals surface area contributed by atoms with Crippen molar-refractivity contribution in [3.63, 3.8) is 0 Å². The molecule has 1 saturated carbocycles. The van der Waals surface area contributed by atoms with Crippen LogP contribution in [0, 0.1) is 0 Å². The first kappa shape index (κ1) is 15.2. The van der Waals surface area contributed by atoms with E-state index in [2.05, 4.69) is 27.7 Å². The van der Waals surface area contributed by atoms with Crippen molar-refractivity contribution in [2.75, 3.05) is 5.75 Å². The maximum absolute atomic E-state index is 11.0. The van der Waals surface area contributed by atoms with E-state index in [0.717, 1.165) is 5.56 Å². The highest BCUT2D eigenvalue weighted by atomic mass is 32.2. The maximum atomic E-state index is 11.0. The number of nitrogens with zero attached hydrogens (tertiary/aromatic N) is 2. The van der Waals surface area contributed by atoms with Crippen molar-refractivity contribution >= 4 is 29.1 Å². The van der Waals surface area contributed by atoms with E-state index in [1.807, 2.05) is 12.1 Å². The summed E-state index contributed by atoms with van der Waals surface area (Å²) in [4.78, 5) is 11.0. The van der Waals surface area contributed by atoms with Crippen LogP contribution in [0.5, 0.6) is 0 Å². The minimum absolute atomic E-state index is 0.0226. The lowest BCUT2D eigenvalue weighted by Crippen LogP contribution is -2.19. The SMILES string of the molecule is O=C1CSC(=NN=Cc2ccc(COC3CCCC3)cc2)N1. The second-order valence-electron chi connectivity index (χ2n) is 5.45. The molecule has 0 bridgehead atoms. The van der Waals surface area contributed by atoms with Crippen LogP contribution in [0.2, 0.25) is 0 Å². The molecule has 1 saturated heterocycles. The molecule has 2 aliphatic rings. The quantitative estimate of drug-likeness (QED) is 0.671. The molecular formula is C16H19N3O2S. The minimum Gasteiger partial charge on any atom is -0.374 e. The number of ether oxygens (including phenoxy) is 1. The molecule has 1 aromatic rings. The first-order chi connectivity index (χ1) is 10.8. The van der Waals surface area contributed by atoms with Gasteiger partial charge in [0.15, 0.2) is 5.17 Å². The molecule has 3 rings (SSSR count). The molecule has 22 heavy (non-hydrogen) atoms. The van der Waals surface area contributed by atoms with E-state index in [1.54, 1.807) is 6.21 Å². The van der Waals surface area contributed by atoms with E-state index in [4.69, 9.17) is 4.74 Å². The Bertz CT molecular complexity index is 578. The van der Waals surface area contributed by atoms with Crippen molar-refractivity contribution in [1.29, 1.82) is 0 Å². The van der Waals surface area contributed by atoms with Crippen LogP contribution in [0.15, 0.2) is 34.5 Å². The van der Waals surface area contributed by atoms with Crippen molar-refractivity contribution < 1.29 is 9.53 Å². The van der Waals surface area contributed by atoms with Gasteiger partial charge in [0.25, 0.3) is 0 Å². The Morgan fingerprint density at radius 2 is 2.05 bits per heavy atom. The Kier molecular flexibility index (Phi) is 5.24. The van der Waals surface area contributed by atoms with Gasteiger partial charge in [-0.15, -0.1) is 5.10 Å². The van der Waals surface area contributed by atoms with Crippen molar-refractivity contribution in [2.24, 2.45) is 10.2 Å². The molecule has 1 N–H and O–H groups in total. The smallest absolute Gasteiger partial charge is 0.236 e. The number of rotatable bonds is 5. The molecule has 0 atom stereocenters. The van der Waals surface area contributed by atoms with Gasteiger partial charge in [-0.3, -0.25) is 4.79 Å². The zero-order chi connectivity index (χ0) is 15.2. The number of amides is 1. The summed E-state index contributed by atoms with van der Waals surface area (Å²) >= 11 is 1.37. The zero-order valence-electron chi connectivity index (χ0n) is 12.3. The van der Waals surface area contributed by atoms with Crippen molar-refractivity contribution in [3.05, 3.63) is 35.4 Å². The normalized spacial score (nSPS) is 21.1. The lowest BCUT2D eigenvalue weighted by atomic mass is 10.1. The molecule has 0 unspecified atom stereocenters. The van der Waals surface area contributed by atoms with Gasteiger partial charge in [-0.2, -0.15) is 5.10 Å². The monoisotopic (exact) mass is 317 g/mol. The Hall–Kier alpha value is -1.66. The highest BCUT2D eigenvalue weighted by molar-refractivity contribution is 8.15. The van der Waals surface area contributed by atoms with E-state index in [9.17, 15) is 4.79 Å². The molecule has 1 aromatic carbocycles. The van der Waals surface area contributed by atoms with Crippen molar-refractivity contribution in [1.82, 2.24) is 5.32 Å². The topological polar surface area (TPSA) is 63.0 Å². The van der Waals surface area contributed by atoms with Crippen LogP contribution in [-0.2, 0) is 16.1 Å². The lowest BCUT2D eigenvalue weighted by molar-refractivity contribution is -0.116. The highest BCUT2D eigenvalue weighted by Gasteiger charge is 2.16. The van der Waals surface area contributed by atoms with Crippen LogP contribution in [0.1, 0.15) is 36.8 Å². The van der Waals surface area contributed by atoms with Crippen molar-refractivity contribution in [3.8, 4) is 0 Å². The van der Waals surface area contributed by atoms with Gasteiger partial charge >= 0.3 is 0 Å². The molecule has 5 nitrogen and oxygen atoms in total. The molecule has 6 heteroatoms. The van der Waals surface area contributed by atoms with Gasteiger partial charge in [-0.1, -0.05) is 48.9 Å². The van der Waals surface area contributed by atoms with Crippen LogP contribution >= 0.6 is 11.8 Å². The van der Waals surface area contributed by atoms with Gasteiger partial charge in [0.1, 0.15) is 0 Å². The predicted molar refractivity (Wildman–Crippen MR) is 89.1 cm³/mol. The average molecular weight is 317 g/mol. The highest BCUT2D eigenvalue weighted by Crippen LogP contribution is 2.22. The summed E-state index contributed by atoms with van der Waals surface area (Å²) in [6.45, 7) is 0.674. The lowest BCUT2D eigenvalue weighted by Gasteiger charge is -2.10. The second kappa shape index (κ2) is 7.56. The predicted octanol–water partition coefficient (Wildman–Crippen LogP) is 2.70. The Morgan fingerprint density at radius 1 is 1.27 bits per heavy atom. The summed E-state index contributed by atoms with van der Waals surface area (Å²) in [7, 11) is 0. The molecule has 0 spiro atoms. The van der Waals surface area contributed by atoms with Gasteiger partial charge in [0.2, 0.25) is 5.91 Å². The van der Waals surface area contributed by atoms with E-state index in [1.165, 1.54) is 43.0 Å². The molecule has 1 heterocycles. The van der Waals surface area contributed by atoms with Gasteiger partial charge in [-0.25, -0.2) is 0 Å². The van der Waals surface area contributed by atoms with Crippen molar-refractivity contribution in [2.45, 2.75) is 38.4 Å². The maximum Gasteiger partial charge on any atom is 0.236 e. The first-order valence-corrected chi connectivity index (χ1v) is 8.52. The van der Waals surface area contributed by atoms with Gasteiger partial charge in [0.05, 0.1) is 24.7 Å². The number of thioether (sulfide) groups is 1. The summed E-state index contributed by atoms with van der Waals surface area (Å²) < 4.78 is 5.89. The first-order valence-electron chi connectivity index (χ1n) is 7.54. The number of amidine groups is 1. The fourth-order valence-electron chi connectivity index (χ4n) is 2.50. The molecule has 1 aliphatic carbocycles. The number of hydrogen-bond acceptors (Lipinski definition) is 5. The third-order valence-electron chi connectivity index (χ3n) is 3.71. The average Bonchev–Trinajstić information content (AvgIpc) is 3.18. The molecule has 0 radical (unpaired) electrons. The second-order valence-corrected chi connectivity index (χ2v) is 6.41. The molecule has 116 valence electrons. The molecular weight excluding hydrogens is 298 g/mol. The minimum atomic E-state index is -0.0226. The third-order valence-corrected chi connectivity index (χ3v) is 4.57. The Balaban J connectivity index is 1.49. The fraction of sp³-hybridized carbons (Fsp3) is 0.438. The van der Waals surface area contributed by atoms with Crippen LogP contribution in [0.25, 0.3) is 0 Å². The fourth-order valence-corrected chi connectivity index (χ4v) is 3.13. The van der Waals surface area contributed by atoms with E-state index >= 15 is 0 Å². The van der Waals surface area contributed by atoms with E-state index in [-0.39, 0.29) is 5.91 Å². The van der Waals surface area contributed by atoms with Crippen LogP contribution < -0.4 is 5.32 Å². The molecule has 1 aliphatic heterocycles. The Morgan fingerprint density at radius 3 is 2.73 bits per heavy atom. The summed E-state index contributed by atoms with van der Waals surface area (Å²) in [6, 6.07) is 8.10. The summed E-state index contributed by atoms with van der Waals surface area (Å²) in [5.41, 5.74) is 2.15. The number of carbonyl (C=O) groups is 1. The Labute approximate surface area is 134 Å². The molecule has 0 aromatic heterocycles. The summed E-state index contributed by atoms with van der Waals surface area (Å²) in [6.07, 6.45) is 7.10. The standard InChI is InChI=1S/C16H19N3O2S/c20-15-11-22-16(18-15)19-17-9-12-5-7-13(8-6-12)10-21-14-3-1-2-4-14/h5-9,14H,1-4,10-11H2,(H,18,19,20).